The summed E-state index contributed by atoms with van der Waals surface area (Å²) in [5.74, 6) is 0.550. The average Bonchev–Trinajstić information content (AvgIpc) is 3.15. The number of ether oxygens (including phenoxy) is 1. The number of rotatable bonds is 6. The third-order valence-corrected chi connectivity index (χ3v) is 4.50. The number of amides is 1. The zero-order chi connectivity index (χ0) is 19.2. The first-order valence-corrected chi connectivity index (χ1v) is 9.06. The number of nitrogens with one attached hydrogen (secondary N) is 1. The summed E-state index contributed by atoms with van der Waals surface area (Å²) in [6.07, 6.45) is 0. The summed E-state index contributed by atoms with van der Waals surface area (Å²) in [6.45, 7) is 0. The number of aromatic nitrogens is 2. The van der Waals surface area contributed by atoms with Crippen LogP contribution in [-0.4, -0.2) is 29.0 Å². The van der Waals surface area contributed by atoms with Crippen molar-refractivity contribution in [3.8, 4) is 23.3 Å². The number of carbonyl (C=O) groups is 1. The van der Waals surface area contributed by atoms with Gasteiger partial charge in [0, 0.05) is 5.02 Å². The Morgan fingerprint density at radius 2 is 2.15 bits per heavy atom. The first-order chi connectivity index (χ1) is 13.1. The van der Waals surface area contributed by atoms with Crippen molar-refractivity contribution in [2.24, 2.45) is 0 Å². The highest BCUT2D eigenvalue weighted by molar-refractivity contribution is 7.99. The molecule has 0 unspecified atom stereocenters. The van der Waals surface area contributed by atoms with Gasteiger partial charge in [0.25, 0.3) is 11.1 Å². The molecule has 0 aliphatic heterocycles. The third-order valence-electron chi connectivity index (χ3n) is 3.45. The minimum Gasteiger partial charge on any atom is -0.496 e. The zero-order valence-electron chi connectivity index (χ0n) is 14.1. The highest BCUT2D eigenvalue weighted by atomic mass is 35.5. The van der Waals surface area contributed by atoms with Gasteiger partial charge in [0.2, 0.25) is 5.91 Å². The molecule has 1 N–H and O–H groups in total. The molecule has 136 valence electrons. The van der Waals surface area contributed by atoms with Gasteiger partial charge in [-0.3, -0.25) is 4.79 Å². The van der Waals surface area contributed by atoms with Gasteiger partial charge in [-0.2, -0.15) is 5.26 Å². The second-order valence-electron chi connectivity index (χ2n) is 5.21. The lowest BCUT2D eigenvalue weighted by atomic mass is 10.2. The van der Waals surface area contributed by atoms with E-state index in [1.54, 1.807) is 42.5 Å². The normalized spacial score (nSPS) is 10.3. The van der Waals surface area contributed by atoms with Crippen LogP contribution >= 0.6 is 23.4 Å². The number of halogens is 1. The summed E-state index contributed by atoms with van der Waals surface area (Å²) < 4.78 is 10.8. The number of hydrogen-bond donors (Lipinski definition) is 1. The summed E-state index contributed by atoms with van der Waals surface area (Å²) in [4.78, 5) is 12.1. The van der Waals surface area contributed by atoms with Gasteiger partial charge in [-0.05, 0) is 30.3 Å². The van der Waals surface area contributed by atoms with E-state index in [-0.39, 0.29) is 22.8 Å². The molecular weight excluding hydrogens is 388 g/mol. The van der Waals surface area contributed by atoms with Crippen LogP contribution in [0.4, 0.5) is 5.69 Å². The van der Waals surface area contributed by atoms with Gasteiger partial charge in [-0.1, -0.05) is 35.5 Å². The number of para-hydroxylation sites is 1. The molecule has 0 aliphatic rings. The van der Waals surface area contributed by atoms with Crippen molar-refractivity contribution in [2.45, 2.75) is 5.22 Å². The molecule has 0 spiro atoms. The van der Waals surface area contributed by atoms with E-state index in [4.69, 9.17) is 26.0 Å². The van der Waals surface area contributed by atoms with Crippen LogP contribution in [0.15, 0.2) is 52.1 Å². The van der Waals surface area contributed by atoms with Gasteiger partial charge in [0.15, 0.2) is 0 Å². The van der Waals surface area contributed by atoms with Gasteiger partial charge in [0.1, 0.15) is 11.8 Å². The topological polar surface area (TPSA) is 101 Å². The van der Waals surface area contributed by atoms with Crippen molar-refractivity contribution >= 4 is 35.0 Å². The van der Waals surface area contributed by atoms with Gasteiger partial charge in [0.05, 0.1) is 29.7 Å². The number of nitrogens with zero attached hydrogens (tertiary/aromatic N) is 3. The molecule has 0 atom stereocenters. The summed E-state index contributed by atoms with van der Waals surface area (Å²) >= 11 is 7.09. The summed E-state index contributed by atoms with van der Waals surface area (Å²) in [6, 6.07) is 13.8. The van der Waals surface area contributed by atoms with Crippen LogP contribution < -0.4 is 10.1 Å². The molecule has 3 rings (SSSR count). The number of benzene rings is 2. The number of thioether (sulfide) groups is 1. The summed E-state index contributed by atoms with van der Waals surface area (Å²) in [5.41, 5.74) is 1.42. The smallest absolute Gasteiger partial charge is 0.277 e. The van der Waals surface area contributed by atoms with Crippen LogP contribution in [0.1, 0.15) is 5.56 Å². The zero-order valence-corrected chi connectivity index (χ0v) is 15.7. The molecule has 1 amide bonds. The van der Waals surface area contributed by atoms with Crippen LogP contribution in [0, 0.1) is 11.3 Å². The Balaban J connectivity index is 1.66. The molecule has 2 aromatic carbocycles. The lowest BCUT2D eigenvalue weighted by Crippen LogP contribution is -2.14. The fourth-order valence-electron chi connectivity index (χ4n) is 2.23. The molecule has 9 heteroatoms. The van der Waals surface area contributed by atoms with Gasteiger partial charge in [-0.25, -0.2) is 0 Å². The van der Waals surface area contributed by atoms with Crippen molar-refractivity contribution in [3.05, 3.63) is 53.1 Å². The van der Waals surface area contributed by atoms with Gasteiger partial charge in [-0.15, -0.1) is 10.2 Å². The molecule has 1 heterocycles. The van der Waals surface area contributed by atoms with Gasteiger partial charge >= 0.3 is 0 Å². The van der Waals surface area contributed by atoms with E-state index in [0.29, 0.717) is 27.6 Å². The van der Waals surface area contributed by atoms with Crippen molar-refractivity contribution in [3.63, 3.8) is 0 Å². The van der Waals surface area contributed by atoms with E-state index >= 15 is 0 Å². The molecule has 1 aromatic heterocycles. The molecule has 27 heavy (non-hydrogen) atoms. The Hall–Kier alpha value is -3.02. The fourth-order valence-corrected chi connectivity index (χ4v) is 2.96. The maximum atomic E-state index is 12.1. The first-order valence-electron chi connectivity index (χ1n) is 7.70. The second kappa shape index (κ2) is 8.58. The average molecular weight is 401 g/mol. The quantitative estimate of drug-likeness (QED) is 0.624. The molecule has 0 fully saturated rings. The molecular formula is C18H13ClN4O3S. The Morgan fingerprint density at radius 1 is 1.33 bits per heavy atom. The molecule has 0 aliphatic carbocycles. The van der Waals surface area contributed by atoms with E-state index in [1.165, 1.54) is 7.11 Å². The molecule has 7 nitrogen and oxygen atoms in total. The second-order valence-corrected chi connectivity index (χ2v) is 6.57. The maximum Gasteiger partial charge on any atom is 0.277 e. The number of methoxy groups -OCH3 is 1. The first kappa shape index (κ1) is 18.8. The molecule has 0 saturated heterocycles. The Kier molecular flexibility index (Phi) is 5.96. The standard InChI is InChI=1S/C18H13ClN4O3S/c1-25-15-7-6-12(19)8-13(15)17-22-23-18(26-17)27-10-16(24)21-14-5-3-2-4-11(14)9-20/h2-8H,10H2,1H3,(H,21,24). The van der Waals surface area contributed by atoms with Crippen molar-refractivity contribution in [1.82, 2.24) is 10.2 Å². The predicted octanol–water partition coefficient (Wildman–Crippen LogP) is 4.00. The predicted molar refractivity (Wildman–Crippen MR) is 102 cm³/mol. The van der Waals surface area contributed by atoms with E-state index in [0.717, 1.165) is 11.8 Å². The Morgan fingerprint density at radius 3 is 2.93 bits per heavy atom. The van der Waals surface area contributed by atoms with E-state index in [9.17, 15) is 4.79 Å². The van der Waals surface area contributed by atoms with E-state index in [1.807, 2.05) is 6.07 Å². The largest absolute Gasteiger partial charge is 0.496 e. The maximum absolute atomic E-state index is 12.1. The van der Waals surface area contributed by atoms with E-state index in [2.05, 4.69) is 15.5 Å². The Labute approximate surface area is 164 Å². The summed E-state index contributed by atoms with van der Waals surface area (Å²) in [5, 5.41) is 20.4. The lowest BCUT2D eigenvalue weighted by Gasteiger charge is -2.05. The van der Waals surface area contributed by atoms with Crippen molar-refractivity contribution in [1.29, 1.82) is 5.26 Å². The van der Waals surface area contributed by atoms with Gasteiger partial charge < -0.3 is 14.5 Å². The number of anilines is 1. The number of carbonyl (C=O) groups excluding carboxylic acids is 1. The van der Waals surface area contributed by atoms with Crippen molar-refractivity contribution in [2.75, 3.05) is 18.2 Å². The van der Waals surface area contributed by atoms with Crippen LogP contribution in [0.2, 0.25) is 5.02 Å². The minimum atomic E-state index is -0.289. The van der Waals surface area contributed by atoms with Crippen LogP contribution in [0.25, 0.3) is 11.5 Å². The highest BCUT2D eigenvalue weighted by Gasteiger charge is 2.16. The van der Waals surface area contributed by atoms with Crippen LogP contribution in [-0.2, 0) is 4.79 Å². The highest BCUT2D eigenvalue weighted by Crippen LogP contribution is 2.33. The number of hydrogen-bond acceptors (Lipinski definition) is 7. The van der Waals surface area contributed by atoms with E-state index < -0.39 is 0 Å². The Bertz CT molecular complexity index is 1020. The van der Waals surface area contributed by atoms with Crippen molar-refractivity contribution < 1.29 is 13.9 Å². The molecule has 0 bridgehead atoms. The fraction of sp³-hybridized carbons (Fsp3) is 0.111. The molecule has 3 aromatic rings. The SMILES string of the molecule is COc1ccc(Cl)cc1-c1nnc(SCC(=O)Nc2ccccc2C#N)o1. The minimum absolute atomic E-state index is 0.0497. The third kappa shape index (κ3) is 4.58. The summed E-state index contributed by atoms with van der Waals surface area (Å²) in [7, 11) is 1.53. The monoisotopic (exact) mass is 400 g/mol. The molecule has 0 saturated carbocycles. The number of nitriles is 1. The molecule has 0 radical (unpaired) electrons. The van der Waals surface area contributed by atoms with Crippen LogP contribution in [0.3, 0.4) is 0 Å². The lowest BCUT2D eigenvalue weighted by molar-refractivity contribution is -0.113. The van der Waals surface area contributed by atoms with Crippen LogP contribution in [0.5, 0.6) is 5.75 Å².